The van der Waals surface area contributed by atoms with E-state index in [1.165, 1.54) is 10.5 Å². The Morgan fingerprint density at radius 3 is 2.85 bits per heavy atom. The van der Waals surface area contributed by atoms with Gasteiger partial charge in [0.1, 0.15) is 23.9 Å². The number of β-amino-alcohol motifs (C(OH)–C–C–N with tert-alkyl or cyclic N) is 1. The van der Waals surface area contributed by atoms with Crippen LogP contribution in [-0.4, -0.2) is 80.5 Å². The predicted molar refractivity (Wildman–Crippen MR) is 141 cm³/mol. The van der Waals surface area contributed by atoms with Crippen molar-refractivity contribution >= 4 is 17.5 Å². The minimum atomic E-state index is -0.776. The van der Waals surface area contributed by atoms with Crippen LogP contribution in [0.5, 0.6) is 5.75 Å². The number of likely N-dealkylation sites (tertiary alicyclic amines) is 1. The minimum absolute atomic E-state index is 0.100. The maximum absolute atomic E-state index is 13.9. The Bertz CT molecular complexity index is 1300. The van der Waals surface area contributed by atoms with Crippen molar-refractivity contribution < 1.29 is 24.3 Å². The van der Waals surface area contributed by atoms with Crippen molar-refractivity contribution in [1.82, 2.24) is 25.2 Å². The first-order valence-corrected chi connectivity index (χ1v) is 13.8. The Kier molecular flexibility index (Phi) is 6.57. The first kappa shape index (κ1) is 25.8. The van der Waals surface area contributed by atoms with E-state index in [1.54, 1.807) is 4.68 Å². The van der Waals surface area contributed by atoms with Crippen LogP contribution < -0.4 is 10.1 Å². The first-order valence-electron chi connectivity index (χ1n) is 13.8. The van der Waals surface area contributed by atoms with Crippen molar-refractivity contribution in [3.05, 3.63) is 41.2 Å². The van der Waals surface area contributed by atoms with E-state index in [4.69, 9.17) is 9.57 Å². The largest absolute Gasteiger partial charge is 0.493 e. The number of rotatable bonds is 7. The maximum atomic E-state index is 13.9. The van der Waals surface area contributed by atoms with Gasteiger partial charge in [0.05, 0.1) is 30.7 Å². The highest BCUT2D eigenvalue weighted by molar-refractivity contribution is 6.01. The van der Waals surface area contributed by atoms with Crippen molar-refractivity contribution in [2.24, 2.45) is 10.6 Å². The third-order valence-corrected chi connectivity index (χ3v) is 7.97. The summed E-state index contributed by atoms with van der Waals surface area (Å²) in [6, 6.07) is 4.60. The van der Waals surface area contributed by atoms with Crippen LogP contribution in [0.3, 0.4) is 0 Å². The van der Waals surface area contributed by atoms with E-state index in [2.05, 4.69) is 26.9 Å². The van der Waals surface area contributed by atoms with Crippen molar-refractivity contribution in [2.45, 2.75) is 83.1 Å². The van der Waals surface area contributed by atoms with Crippen LogP contribution in [0.25, 0.3) is 0 Å². The van der Waals surface area contributed by atoms with Crippen molar-refractivity contribution in [1.29, 1.82) is 0 Å². The van der Waals surface area contributed by atoms with Crippen LogP contribution in [0.4, 0.5) is 0 Å². The van der Waals surface area contributed by atoms with Gasteiger partial charge in [0, 0.05) is 37.9 Å². The molecular formula is C28H36N6O5. The number of benzene rings is 1. The summed E-state index contributed by atoms with van der Waals surface area (Å²) in [5.74, 6) is 0.785. The van der Waals surface area contributed by atoms with Gasteiger partial charge in [0.25, 0.3) is 0 Å². The van der Waals surface area contributed by atoms with Crippen LogP contribution in [0.15, 0.2) is 29.6 Å². The van der Waals surface area contributed by atoms with Gasteiger partial charge in [-0.15, -0.1) is 5.10 Å². The molecule has 1 aliphatic carbocycles. The number of amides is 2. The van der Waals surface area contributed by atoms with E-state index in [0.29, 0.717) is 18.9 Å². The molecule has 1 saturated carbocycles. The molecule has 1 aromatic carbocycles. The van der Waals surface area contributed by atoms with Gasteiger partial charge in [0.2, 0.25) is 11.8 Å². The van der Waals surface area contributed by atoms with Crippen LogP contribution in [0.2, 0.25) is 0 Å². The van der Waals surface area contributed by atoms with Gasteiger partial charge >= 0.3 is 0 Å². The van der Waals surface area contributed by atoms with Crippen LogP contribution in [0, 0.1) is 5.41 Å². The number of hydrogen-bond donors (Lipinski definition) is 2. The number of aliphatic hydroxyl groups excluding tert-OH is 1. The summed E-state index contributed by atoms with van der Waals surface area (Å²) in [5, 5.41) is 26.2. The second-order valence-electron chi connectivity index (χ2n) is 12.2. The number of carbonyl (C=O) groups is 2. The van der Waals surface area contributed by atoms with Gasteiger partial charge in [-0.25, -0.2) is 4.68 Å². The summed E-state index contributed by atoms with van der Waals surface area (Å²) in [5.41, 5.74) is 3.42. The molecule has 208 valence electrons. The summed E-state index contributed by atoms with van der Waals surface area (Å²) >= 11 is 0. The summed E-state index contributed by atoms with van der Waals surface area (Å²) < 4.78 is 7.21. The minimum Gasteiger partial charge on any atom is -0.493 e. The third kappa shape index (κ3) is 5.24. The van der Waals surface area contributed by atoms with Crippen LogP contribution in [-0.2, 0) is 20.8 Å². The molecule has 2 N–H and O–H groups in total. The smallest absolute Gasteiger partial charge is 0.248 e. The molecule has 11 nitrogen and oxygen atoms in total. The highest BCUT2D eigenvalue weighted by Gasteiger charge is 2.45. The molecule has 1 saturated heterocycles. The van der Waals surface area contributed by atoms with Gasteiger partial charge in [-0.05, 0) is 47.6 Å². The van der Waals surface area contributed by atoms with Gasteiger partial charge in [-0.1, -0.05) is 31.1 Å². The molecule has 4 aliphatic rings. The first-order chi connectivity index (χ1) is 18.7. The number of aliphatic hydroxyl groups is 1. The molecule has 4 heterocycles. The summed E-state index contributed by atoms with van der Waals surface area (Å²) in [7, 11) is 0. The zero-order valence-electron chi connectivity index (χ0n) is 22.7. The summed E-state index contributed by atoms with van der Waals surface area (Å²) in [6.45, 7) is 6.96. The van der Waals surface area contributed by atoms with Crippen LogP contribution >= 0.6 is 0 Å². The average molecular weight is 537 g/mol. The highest BCUT2D eigenvalue weighted by Crippen LogP contribution is 2.40. The number of fused-ring (bicyclic) bond motifs is 1. The lowest BCUT2D eigenvalue weighted by molar-refractivity contribution is -0.144. The molecule has 2 amide bonds. The fraction of sp³-hybridized carbons (Fsp3) is 0.607. The standard InChI is InChI=1S/C28H36N6O5/c1-28(2,3)25(34-15-22(30-32-34)16-4-5-16)27(37)33-14-19(35)11-23(33)26(36)29-13-20-12-21(31-39-20)17-6-7-24-18(10-17)8-9-38-24/h6-7,10,15-16,19-20,23,25,35H,4-5,8-9,11-14H2,1-3H3,(H,29,36)/t19-,20?,23+,25-/m1/s1. The molecule has 1 aromatic heterocycles. The zero-order valence-corrected chi connectivity index (χ0v) is 22.7. The number of ether oxygens (including phenoxy) is 1. The van der Waals surface area contributed by atoms with E-state index in [1.807, 2.05) is 39.1 Å². The summed E-state index contributed by atoms with van der Waals surface area (Å²) in [4.78, 5) is 34.3. The fourth-order valence-corrected chi connectivity index (χ4v) is 5.73. The molecule has 1 unspecified atom stereocenters. The van der Waals surface area contributed by atoms with Gasteiger partial charge in [-0.3, -0.25) is 9.59 Å². The molecule has 11 heteroatoms. The second-order valence-corrected chi connectivity index (χ2v) is 12.2. The maximum Gasteiger partial charge on any atom is 0.248 e. The number of carbonyl (C=O) groups excluding carboxylic acids is 2. The van der Waals surface area contributed by atoms with Crippen molar-refractivity contribution in [3.63, 3.8) is 0 Å². The normalized spacial score (nSPS) is 25.1. The Morgan fingerprint density at radius 2 is 2.08 bits per heavy atom. The molecule has 0 radical (unpaired) electrons. The third-order valence-electron chi connectivity index (χ3n) is 7.97. The average Bonchev–Trinajstić information content (AvgIpc) is 3.30. The Morgan fingerprint density at radius 1 is 1.26 bits per heavy atom. The zero-order chi connectivity index (χ0) is 27.3. The van der Waals surface area contributed by atoms with E-state index in [0.717, 1.165) is 42.0 Å². The van der Waals surface area contributed by atoms with Gasteiger partial charge in [0.15, 0.2) is 0 Å². The number of oxime groups is 1. The Hall–Kier alpha value is -3.47. The van der Waals surface area contributed by atoms with E-state index < -0.39 is 23.6 Å². The van der Waals surface area contributed by atoms with Crippen LogP contribution in [0.1, 0.15) is 75.2 Å². The summed E-state index contributed by atoms with van der Waals surface area (Å²) in [6.07, 6.45) is 4.59. The predicted octanol–water partition coefficient (Wildman–Crippen LogP) is 1.95. The topological polar surface area (TPSA) is 131 Å². The lowest BCUT2D eigenvalue weighted by Gasteiger charge is -2.34. The lowest BCUT2D eigenvalue weighted by atomic mass is 9.85. The molecule has 3 aliphatic heterocycles. The molecule has 2 aromatic rings. The fourth-order valence-electron chi connectivity index (χ4n) is 5.73. The molecule has 4 atom stereocenters. The Labute approximate surface area is 227 Å². The number of nitrogens with zero attached hydrogens (tertiary/aromatic N) is 5. The number of aromatic nitrogens is 3. The van der Waals surface area contributed by atoms with Crippen molar-refractivity contribution in [2.75, 3.05) is 19.7 Å². The molecule has 2 fully saturated rings. The van der Waals surface area contributed by atoms with E-state index >= 15 is 0 Å². The second kappa shape index (κ2) is 9.93. The SMILES string of the molecule is CC(C)(C)[C@@H](C(=O)N1C[C@H](O)C[C@H]1C(=O)NCC1CC(c2ccc3c(c2)CCO3)=NO1)n1cc(C2CC2)nn1. The molecule has 0 bridgehead atoms. The lowest BCUT2D eigenvalue weighted by Crippen LogP contribution is -2.51. The van der Waals surface area contributed by atoms with Gasteiger partial charge in [-0.2, -0.15) is 0 Å². The number of hydrogen-bond acceptors (Lipinski definition) is 8. The Balaban J connectivity index is 1.09. The number of nitrogens with one attached hydrogen (secondary N) is 1. The molecule has 39 heavy (non-hydrogen) atoms. The van der Waals surface area contributed by atoms with Gasteiger partial charge < -0.3 is 24.9 Å². The monoisotopic (exact) mass is 536 g/mol. The molecule has 0 spiro atoms. The van der Waals surface area contributed by atoms with E-state index in [9.17, 15) is 14.7 Å². The highest BCUT2D eigenvalue weighted by atomic mass is 16.6. The quantitative estimate of drug-likeness (QED) is 0.553. The molecular weight excluding hydrogens is 500 g/mol. The van der Waals surface area contributed by atoms with E-state index in [-0.39, 0.29) is 37.4 Å². The van der Waals surface area contributed by atoms with Crippen molar-refractivity contribution in [3.8, 4) is 5.75 Å². The molecule has 6 rings (SSSR count).